The Balaban J connectivity index is 2.16. The SMILES string of the molecule is CC(Cl)c1nc2cc(Cl)cnc2n1Cc1ccco1. The van der Waals surface area contributed by atoms with Gasteiger partial charge in [-0.05, 0) is 25.1 Å². The predicted molar refractivity (Wildman–Crippen MR) is 74.6 cm³/mol. The van der Waals surface area contributed by atoms with Crippen molar-refractivity contribution in [2.24, 2.45) is 0 Å². The van der Waals surface area contributed by atoms with Gasteiger partial charge >= 0.3 is 0 Å². The Morgan fingerprint density at radius 3 is 3.00 bits per heavy atom. The van der Waals surface area contributed by atoms with Crippen LogP contribution in [0.15, 0.2) is 35.1 Å². The zero-order valence-electron chi connectivity index (χ0n) is 10.2. The van der Waals surface area contributed by atoms with Gasteiger partial charge in [-0.1, -0.05) is 11.6 Å². The quantitative estimate of drug-likeness (QED) is 0.685. The lowest BCUT2D eigenvalue weighted by Gasteiger charge is -2.07. The van der Waals surface area contributed by atoms with Crippen molar-refractivity contribution in [1.29, 1.82) is 0 Å². The predicted octanol–water partition coefficient (Wildman–Crippen LogP) is 4.03. The summed E-state index contributed by atoms with van der Waals surface area (Å²) < 4.78 is 7.32. The van der Waals surface area contributed by atoms with Gasteiger partial charge in [0.25, 0.3) is 0 Å². The van der Waals surface area contributed by atoms with Gasteiger partial charge in [0.1, 0.15) is 17.1 Å². The number of alkyl halides is 1. The van der Waals surface area contributed by atoms with Crippen molar-refractivity contribution in [3.8, 4) is 0 Å². The minimum atomic E-state index is -0.220. The van der Waals surface area contributed by atoms with Crippen LogP contribution in [0.1, 0.15) is 23.9 Å². The van der Waals surface area contributed by atoms with E-state index < -0.39 is 0 Å². The van der Waals surface area contributed by atoms with Crippen LogP contribution in [-0.2, 0) is 6.54 Å². The minimum Gasteiger partial charge on any atom is -0.467 e. The summed E-state index contributed by atoms with van der Waals surface area (Å²) in [7, 11) is 0. The van der Waals surface area contributed by atoms with Gasteiger partial charge in [0, 0.05) is 6.20 Å². The first kappa shape index (κ1) is 12.5. The van der Waals surface area contributed by atoms with Gasteiger partial charge in [-0.25, -0.2) is 9.97 Å². The highest BCUT2D eigenvalue weighted by atomic mass is 35.5. The molecule has 3 aromatic rings. The molecule has 6 heteroatoms. The monoisotopic (exact) mass is 295 g/mol. The van der Waals surface area contributed by atoms with E-state index in [0.29, 0.717) is 11.6 Å². The summed E-state index contributed by atoms with van der Waals surface area (Å²) in [5.41, 5.74) is 1.49. The molecule has 0 N–H and O–H groups in total. The maximum Gasteiger partial charge on any atom is 0.160 e. The Morgan fingerprint density at radius 1 is 1.47 bits per heavy atom. The van der Waals surface area contributed by atoms with Gasteiger partial charge in [0.05, 0.1) is 23.2 Å². The van der Waals surface area contributed by atoms with Gasteiger partial charge in [-0.2, -0.15) is 0 Å². The van der Waals surface area contributed by atoms with E-state index in [0.717, 1.165) is 22.7 Å². The Kier molecular flexibility index (Phi) is 3.21. The number of aromatic nitrogens is 3. The molecule has 0 saturated carbocycles. The van der Waals surface area contributed by atoms with Crippen molar-refractivity contribution in [3.05, 3.63) is 47.3 Å². The first-order chi connectivity index (χ1) is 9.15. The molecule has 1 unspecified atom stereocenters. The van der Waals surface area contributed by atoms with Crippen molar-refractivity contribution in [1.82, 2.24) is 14.5 Å². The highest BCUT2D eigenvalue weighted by Gasteiger charge is 2.17. The fraction of sp³-hybridized carbons (Fsp3) is 0.231. The third-order valence-corrected chi connectivity index (χ3v) is 3.23. The molecule has 0 aliphatic carbocycles. The lowest BCUT2D eigenvalue weighted by molar-refractivity contribution is 0.491. The highest BCUT2D eigenvalue weighted by molar-refractivity contribution is 6.31. The van der Waals surface area contributed by atoms with Crippen molar-refractivity contribution < 1.29 is 4.42 Å². The summed E-state index contributed by atoms with van der Waals surface area (Å²) in [6.45, 7) is 2.42. The average molecular weight is 296 g/mol. The summed E-state index contributed by atoms with van der Waals surface area (Å²) in [5, 5.41) is 0.340. The molecule has 4 nitrogen and oxygen atoms in total. The summed E-state index contributed by atoms with van der Waals surface area (Å²) in [4.78, 5) is 8.83. The molecule has 3 aromatic heterocycles. The van der Waals surface area contributed by atoms with E-state index in [-0.39, 0.29) is 5.38 Å². The molecule has 0 aliphatic rings. The molecule has 3 heterocycles. The van der Waals surface area contributed by atoms with Crippen LogP contribution in [0.3, 0.4) is 0 Å². The average Bonchev–Trinajstić information content (AvgIpc) is 2.97. The van der Waals surface area contributed by atoms with E-state index in [1.807, 2.05) is 23.6 Å². The molecule has 0 aromatic carbocycles. The molecule has 0 spiro atoms. The van der Waals surface area contributed by atoms with E-state index in [2.05, 4.69) is 9.97 Å². The minimum absolute atomic E-state index is 0.220. The third kappa shape index (κ3) is 2.33. The van der Waals surface area contributed by atoms with Crippen LogP contribution in [0.25, 0.3) is 11.2 Å². The summed E-state index contributed by atoms with van der Waals surface area (Å²) in [6.07, 6.45) is 3.25. The van der Waals surface area contributed by atoms with Crippen molar-refractivity contribution in [3.63, 3.8) is 0 Å². The Bertz CT molecular complexity index is 704. The molecular weight excluding hydrogens is 285 g/mol. The lowest BCUT2D eigenvalue weighted by atomic mass is 10.4. The maximum absolute atomic E-state index is 6.19. The zero-order valence-corrected chi connectivity index (χ0v) is 11.7. The van der Waals surface area contributed by atoms with E-state index in [1.165, 1.54) is 0 Å². The lowest BCUT2D eigenvalue weighted by Crippen LogP contribution is -2.05. The van der Waals surface area contributed by atoms with Crippen LogP contribution in [0.5, 0.6) is 0 Å². The van der Waals surface area contributed by atoms with Gasteiger partial charge in [0.15, 0.2) is 5.65 Å². The number of pyridine rings is 1. The number of halogens is 2. The number of imidazole rings is 1. The summed E-state index contributed by atoms with van der Waals surface area (Å²) in [6, 6.07) is 5.54. The largest absolute Gasteiger partial charge is 0.467 e. The second-order valence-electron chi connectivity index (χ2n) is 4.25. The summed E-state index contributed by atoms with van der Waals surface area (Å²) in [5.74, 6) is 1.58. The third-order valence-electron chi connectivity index (χ3n) is 2.83. The normalized spacial score (nSPS) is 13.0. The van der Waals surface area contributed by atoms with Gasteiger partial charge in [-0.3, -0.25) is 0 Å². The van der Waals surface area contributed by atoms with Crippen molar-refractivity contribution in [2.45, 2.75) is 18.8 Å². The highest BCUT2D eigenvalue weighted by Crippen LogP contribution is 2.25. The molecule has 19 heavy (non-hydrogen) atoms. The molecule has 0 saturated heterocycles. The fourth-order valence-corrected chi connectivity index (χ4v) is 2.34. The molecule has 1 atom stereocenters. The Morgan fingerprint density at radius 2 is 2.32 bits per heavy atom. The number of hydrogen-bond acceptors (Lipinski definition) is 3. The number of rotatable bonds is 3. The number of nitrogens with zero attached hydrogens (tertiary/aromatic N) is 3. The Labute approximate surface area is 120 Å². The van der Waals surface area contributed by atoms with Crippen LogP contribution < -0.4 is 0 Å². The van der Waals surface area contributed by atoms with Crippen molar-refractivity contribution >= 4 is 34.4 Å². The van der Waals surface area contributed by atoms with Gasteiger partial charge in [-0.15, -0.1) is 11.6 Å². The van der Waals surface area contributed by atoms with E-state index >= 15 is 0 Å². The zero-order chi connectivity index (χ0) is 13.4. The first-order valence-electron chi connectivity index (χ1n) is 5.83. The van der Waals surface area contributed by atoms with Crippen molar-refractivity contribution in [2.75, 3.05) is 0 Å². The molecule has 0 aliphatic heterocycles. The Hall–Kier alpha value is -1.52. The van der Waals surface area contributed by atoms with E-state index in [4.69, 9.17) is 27.6 Å². The molecule has 0 fully saturated rings. The topological polar surface area (TPSA) is 43.9 Å². The molecule has 0 bridgehead atoms. The molecule has 0 radical (unpaired) electrons. The number of hydrogen-bond donors (Lipinski definition) is 0. The molecule has 98 valence electrons. The second-order valence-corrected chi connectivity index (χ2v) is 5.34. The van der Waals surface area contributed by atoms with Gasteiger partial charge < -0.3 is 8.98 Å². The number of furan rings is 1. The van der Waals surface area contributed by atoms with Crippen LogP contribution >= 0.6 is 23.2 Å². The molecule has 3 rings (SSSR count). The smallest absolute Gasteiger partial charge is 0.160 e. The van der Waals surface area contributed by atoms with Crippen LogP contribution in [0.4, 0.5) is 0 Å². The molecular formula is C13H11Cl2N3O. The van der Waals surface area contributed by atoms with Crippen LogP contribution in [-0.4, -0.2) is 14.5 Å². The van der Waals surface area contributed by atoms with E-state index in [1.54, 1.807) is 18.5 Å². The standard InChI is InChI=1S/C13H11Cl2N3O/c1-8(14)12-17-11-5-9(15)6-16-13(11)18(12)7-10-3-2-4-19-10/h2-6,8H,7H2,1H3. The molecule has 0 amide bonds. The number of fused-ring (bicyclic) bond motifs is 1. The fourth-order valence-electron chi connectivity index (χ4n) is 2.02. The maximum atomic E-state index is 6.19. The van der Waals surface area contributed by atoms with E-state index in [9.17, 15) is 0 Å². The van der Waals surface area contributed by atoms with Crippen LogP contribution in [0.2, 0.25) is 5.02 Å². The second kappa shape index (κ2) is 4.87. The van der Waals surface area contributed by atoms with Gasteiger partial charge in [0.2, 0.25) is 0 Å². The first-order valence-corrected chi connectivity index (χ1v) is 6.64. The summed E-state index contributed by atoms with van der Waals surface area (Å²) >= 11 is 12.1. The van der Waals surface area contributed by atoms with Crippen LogP contribution in [0, 0.1) is 0 Å².